The lowest BCUT2D eigenvalue weighted by Crippen LogP contribution is -2.11. The van der Waals surface area contributed by atoms with Gasteiger partial charge in [0.15, 0.2) is 0 Å². The van der Waals surface area contributed by atoms with Crippen molar-refractivity contribution >= 4 is 17.2 Å². The lowest BCUT2D eigenvalue weighted by Gasteiger charge is -2.21. The number of para-hydroxylation sites is 1. The van der Waals surface area contributed by atoms with Crippen LogP contribution >= 0.6 is 0 Å². The van der Waals surface area contributed by atoms with E-state index in [9.17, 15) is 0 Å². The molecule has 0 bridgehead atoms. The summed E-state index contributed by atoms with van der Waals surface area (Å²) in [6.45, 7) is 2.12. The molecule has 0 aliphatic rings. The molecule has 0 aliphatic heterocycles. The summed E-state index contributed by atoms with van der Waals surface area (Å²) >= 11 is 0. The number of anilines is 3. The SMILES string of the molecule is CNc1cc(N(C)c2ccccc2C)ccn1. The van der Waals surface area contributed by atoms with E-state index in [1.807, 2.05) is 25.4 Å². The zero-order valence-electron chi connectivity index (χ0n) is 10.4. The van der Waals surface area contributed by atoms with Crippen molar-refractivity contribution in [3.63, 3.8) is 0 Å². The van der Waals surface area contributed by atoms with Crippen molar-refractivity contribution in [1.29, 1.82) is 0 Å². The van der Waals surface area contributed by atoms with Crippen LogP contribution in [0, 0.1) is 6.92 Å². The van der Waals surface area contributed by atoms with Crippen LogP contribution in [0.15, 0.2) is 42.6 Å². The number of nitrogens with zero attached hydrogens (tertiary/aromatic N) is 2. The van der Waals surface area contributed by atoms with Crippen LogP contribution in [-0.4, -0.2) is 19.1 Å². The highest BCUT2D eigenvalue weighted by Gasteiger charge is 2.06. The zero-order chi connectivity index (χ0) is 12.3. The number of aromatic nitrogens is 1. The largest absolute Gasteiger partial charge is 0.373 e. The Morgan fingerprint density at radius 1 is 1.18 bits per heavy atom. The van der Waals surface area contributed by atoms with E-state index >= 15 is 0 Å². The Balaban J connectivity index is 2.37. The fraction of sp³-hybridized carbons (Fsp3) is 0.214. The third-order valence-electron chi connectivity index (χ3n) is 2.86. The van der Waals surface area contributed by atoms with Gasteiger partial charge in [0.25, 0.3) is 0 Å². The Morgan fingerprint density at radius 3 is 2.65 bits per heavy atom. The molecule has 1 aromatic carbocycles. The Bertz CT molecular complexity index is 508. The number of aryl methyl sites for hydroxylation is 1. The number of pyridine rings is 1. The second-order valence-electron chi connectivity index (χ2n) is 3.99. The number of rotatable bonds is 3. The summed E-state index contributed by atoms with van der Waals surface area (Å²) in [6.07, 6.45) is 1.82. The second kappa shape index (κ2) is 4.87. The van der Waals surface area contributed by atoms with Gasteiger partial charge in [-0.2, -0.15) is 0 Å². The molecule has 3 heteroatoms. The van der Waals surface area contributed by atoms with Crippen LogP contribution < -0.4 is 10.2 Å². The molecule has 0 fully saturated rings. The third kappa shape index (κ3) is 2.38. The summed E-state index contributed by atoms with van der Waals surface area (Å²) in [4.78, 5) is 6.38. The second-order valence-corrected chi connectivity index (χ2v) is 3.99. The highest BCUT2D eigenvalue weighted by Crippen LogP contribution is 2.27. The number of hydrogen-bond donors (Lipinski definition) is 1. The molecule has 0 saturated heterocycles. The molecular weight excluding hydrogens is 210 g/mol. The predicted molar refractivity (Wildman–Crippen MR) is 73.0 cm³/mol. The summed E-state index contributed by atoms with van der Waals surface area (Å²) in [5, 5.41) is 3.05. The molecule has 0 aliphatic carbocycles. The summed E-state index contributed by atoms with van der Waals surface area (Å²) < 4.78 is 0. The van der Waals surface area contributed by atoms with Gasteiger partial charge in [0.2, 0.25) is 0 Å². The minimum Gasteiger partial charge on any atom is -0.373 e. The van der Waals surface area contributed by atoms with Gasteiger partial charge in [0.05, 0.1) is 0 Å². The van der Waals surface area contributed by atoms with E-state index in [2.05, 4.69) is 53.4 Å². The van der Waals surface area contributed by atoms with Gasteiger partial charge in [-0.05, 0) is 24.6 Å². The molecule has 0 saturated carbocycles. The Hall–Kier alpha value is -2.03. The van der Waals surface area contributed by atoms with Crippen molar-refractivity contribution in [3.05, 3.63) is 48.2 Å². The molecule has 0 spiro atoms. The maximum atomic E-state index is 4.22. The van der Waals surface area contributed by atoms with Crippen LogP contribution in [0.5, 0.6) is 0 Å². The van der Waals surface area contributed by atoms with Crippen molar-refractivity contribution in [2.24, 2.45) is 0 Å². The molecule has 3 nitrogen and oxygen atoms in total. The highest BCUT2D eigenvalue weighted by molar-refractivity contribution is 5.67. The zero-order valence-corrected chi connectivity index (χ0v) is 10.4. The van der Waals surface area contributed by atoms with Crippen molar-refractivity contribution < 1.29 is 0 Å². The molecule has 0 atom stereocenters. The van der Waals surface area contributed by atoms with Gasteiger partial charge in [-0.3, -0.25) is 0 Å². The van der Waals surface area contributed by atoms with Crippen LogP contribution in [0.25, 0.3) is 0 Å². The van der Waals surface area contributed by atoms with E-state index in [0.717, 1.165) is 11.5 Å². The minimum absolute atomic E-state index is 0.878. The Morgan fingerprint density at radius 2 is 1.94 bits per heavy atom. The lowest BCUT2D eigenvalue weighted by molar-refractivity contribution is 1.16. The third-order valence-corrected chi connectivity index (χ3v) is 2.86. The molecule has 0 radical (unpaired) electrons. The summed E-state index contributed by atoms with van der Waals surface area (Å²) in [5.41, 5.74) is 3.59. The molecule has 17 heavy (non-hydrogen) atoms. The average molecular weight is 227 g/mol. The maximum absolute atomic E-state index is 4.22. The van der Waals surface area contributed by atoms with E-state index < -0.39 is 0 Å². The van der Waals surface area contributed by atoms with Crippen LogP contribution in [0.1, 0.15) is 5.56 Å². The van der Waals surface area contributed by atoms with Crippen LogP contribution in [-0.2, 0) is 0 Å². The van der Waals surface area contributed by atoms with E-state index in [1.165, 1.54) is 11.3 Å². The van der Waals surface area contributed by atoms with Crippen molar-refractivity contribution in [3.8, 4) is 0 Å². The maximum Gasteiger partial charge on any atom is 0.127 e. The summed E-state index contributed by atoms with van der Waals surface area (Å²) in [7, 11) is 3.94. The van der Waals surface area contributed by atoms with E-state index in [0.29, 0.717) is 0 Å². The quantitative estimate of drug-likeness (QED) is 0.872. The normalized spacial score (nSPS) is 10.1. The number of benzene rings is 1. The molecular formula is C14H17N3. The first-order valence-corrected chi connectivity index (χ1v) is 5.65. The highest BCUT2D eigenvalue weighted by atomic mass is 15.1. The van der Waals surface area contributed by atoms with Crippen molar-refractivity contribution in [2.45, 2.75) is 6.92 Å². The van der Waals surface area contributed by atoms with E-state index in [4.69, 9.17) is 0 Å². The van der Waals surface area contributed by atoms with Crippen LogP contribution in [0.2, 0.25) is 0 Å². The predicted octanol–water partition coefficient (Wildman–Crippen LogP) is 3.20. The first-order valence-electron chi connectivity index (χ1n) is 5.65. The molecule has 88 valence electrons. The van der Waals surface area contributed by atoms with E-state index in [1.54, 1.807) is 0 Å². The van der Waals surface area contributed by atoms with Gasteiger partial charge in [-0.25, -0.2) is 4.98 Å². The van der Waals surface area contributed by atoms with E-state index in [-0.39, 0.29) is 0 Å². The first-order chi connectivity index (χ1) is 8.22. The van der Waals surface area contributed by atoms with Gasteiger partial charge < -0.3 is 10.2 Å². The van der Waals surface area contributed by atoms with Gasteiger partial charge >= 0.3 is 0 Å². The molecule has 1 aromatic heterocycles. The molecule has 1 N–H and O–H groups in total. The number of nitrogens with one attached hydrogen (secondary N) is 1. The van der Waals surface area contributed by atoms with Gasteiger partial charge in [0.1, 0.15) is 5.82 Å². The average Bonchev–Trinajstić information content (AvgIpc) is 2.38. The van der Waals surface area contributed by atoms with Gasteiger partial charge in [0, 0.05) is 37.7 Å². The fourth-order valence-electron chi connectivity index (χ4n) is 1.84. The smallest absolute Gasteiger partial charge is 0.127 e. The van der Waals surface area contributed by atoms with Crippen LogP contribution in [0.3, 0.4) is 0 Å². The monoisotopic (exact) mass is 227 g/mol. The summed E-state index contributed by atoms with van der Waals surface area (Å²) in [5.74, 6) is 0.878. The molecule has 1 heterocycles. The lowest BCUT2D eigenvalue weighted by atomic mass is 10.2. The Kier molecular flexibility index (Phi) is 3.28. The van der Waals surface area contributed by atoms with Gasteiger partial charge in [-0.15, -0.1) is 0 Å². The number of hydrogen-bond acceptors (Lipinski definition) is 3. The minimum atomic E-state index is 0.878. The van der Waals surface area contributed by atoms with Crippen molar-refractivity contribution in [2.75, 3.05) is 24.3 Å². The molecule has 0 unspecified atom stereocenters. The van der Waals surface area contributed by atoms with Crippen molar-refractivity contribution in [1.82, 2.24) is 4.98 Å². The molecule has 2 rings (SSSR count). The molecule has 0 amide bonds. The van der Waals surface area contributed by atoms with Gasteiger partial charge in [-0.1, -0.05) is 18.2 Å². The Labute approximate surface area is 102 Å². The standard InChI is InChI=1S/C14H17N3/c1-11-6-4-5-7-13(11)17(3)12-8-9-16-14(10-12)15-2/h4-10H,1-3H3,(H,15,16). The fourth-order valence-corrected chi connectivity index (χ4v) is 1.84. The molecule has 2 aromatic rings. The topological polar surface area (TPSA) is 28.2 Å². The van der Waals surface area contributed by atoms with Crippen LogP contribution in [0.4, 0.5) is 17.2 Å². The first kappa shape index (κ1) is 11.5. The summed E-state index contributed by atoms with van der Waals surface area (Å²) in [6, 6.07) is 12.4.